The van der Waals surface area contributed by atoms with Gasteiger partial charge in [0, 0.05) is 32.8 Å². The van der Waals surface area contributed by atoms with Crippen molar-refractivity contribution in [2.75, 3.05) is 0 Å². The second kappa shape index (κ2) is 13.0. The zero-order chi connectivity index (χ0) is 40.1. The van der Waals surface area contributed by atoms with Crippen LogP contribution in [0.1, 0.15) is 22.3 Å². The molecule has 0 unspecified atom stereocenters. The number of benzene rings is 10. The first kappa shape index (κ1) is 33.9. The first-order valence-electron chi connectivity index (χ1n) is 21.1. The van der Waals surface area contributed by atoms with Gasteiger partial charge in [-0.1, -0.05) is 194 Å². The Balaban J connectivity index is 1.00. The Bertz CT molecular complexity index is 3630. The molecular formula is C58H37N3. The Labute approximate surface area is 353 Å². The second-order valence-electron chi connectivity index (χ2n) is 16.2. The van der Waals surface area contributed by atoms with Crippen molar-refractivity contribution < 1.29 is 0 Å². The third-order valence-electron chi connectivity index (χ3n) is 13.2. The number of hydrogen-bond donors (Lipinski definition) is 0. The van der Waals surface area contributed by atoms with E-state index in [1.54, 1.807) is 0 Å². The molecule has 0 bridgehead atoms. The molecule has 1 aliphatic heterocycles. The first-order chi connectivity index (χ1) is 30.3. The van der Waals surface area contributed by atoms with E-state index in [4.69, 9.17) is 4.98 Å². The zero-order valence-corrected chi connectivity index (χ0v) is 33.2. The lowest BCUT2D eigenvalue weighted by Crippen LogP contribution is -2.35. The van der Waals surface area contributed by atoms with E-state index in [9.17, 15) is 0 Å². The number of aromatic nitrogens is 3. The molecule has 0 saturated heterocycles. The molecule has 0 N–H and O–H groups in total. The largest absolute Gasteiger partial charge is 0.309 e. The molecule has 2 aromatic heterocycles. The van der Waals surface area contributed by atoms with Crippen molar-refractivity contribution in [1.29, 1.82) is 0 Å². The maximum absolute atomic E-state index is 5.48. The van der Waals surface area contributed by atoms with Gasteiger partial charge in [-0.3, -0.25) is 4.57 Å². The van der Waals surface area contributed by atoms with Crippen LogP contribution in [0.2, 0.25) is 0 Å². The van der Waals surface area contributed by atoms with Gasteiger partial charge < -0.3 is 4.57 Å². The van der Waals surface area contributed by atoms with Gasteiger partial charge in [-0.05, 0) is 74.5 Å². The molecule has 0 aliphatic carbocycles. The third-order valence-corrected chi connectivity index (χ3v) is 13.2. The molecular weight excluding hydrogens is 739 g/mol. The van der Waals surface area contributed by atoms with Gasteiger partial charge in [-0.15, -0.1) is 0 Å². The van der Waals surface area contributed by atoms with E-state index in [-0.39, 0.29) is 0 Å². The predicted octanol–water partition coefficient (Wildman–Crippen LogP) is 14.5. The lowest BCUT2D eigenvalue weighted by molar-refractivity contribution is 0.728. The fraction of sp³-hybridized carbons (Fsp3) is 0.0172. The molecule has 12 aromatic rings. The van der Waals surface area contributed by atoms with Crippen LogP contribution in [0.15, 0.2) is 224 Å². The van der Waals surface area contributed by atoms with E-state index in [1.807, 2.05) is 0 Å². The van der Waals surface area contributed by atoms with E-state index >= 15 is 0 Å². The second-order valence-corrected chi connectivity index (χ2v) is 16.2. The van der Waals surface area contributed by atoms with Gasteiger partial charge in [0.05, 0.1) is 33.2 Å². The Morgan fingerprint density at radius 2 is 0.869 bits per heavy atom. The van der Waals surface area contributed by atoms with Crippen molar-refractivity contribution in [1.82, 2.24) is 14.1 Å². The molecule has 0 spiro atoms. The minimum atomic E-state index is -0.490. The number of imidazole rings is 1. The summed E-state index contributed by atoms with van der Waals surface area (Å²) in [6, 6.07) is 82.0. The van der Waals surface area contributed by atoms with Crippen LogP contribution in [0.5, 0.6) is 0 Å². The summed E-state index contributed by atoms with van der Waals surface area (Å²) in [6.07, 6.45) is 0. The highest BCUT2D eigenvalue weighted by Gasteiger charge is 2.45. The smallest absolute Gasteiger partial charge is 0.145 e. The lowest BCUT2D eigenvalue weighted by atomic mass is 9.63. The average Bonchev–Trinajstić information content (AvgIpc) is 3.91. The highest BCUT2D eigenvalue weighted by molar-refractivity contribution is 6.24. The van der Waals surface area contributed by atoms with Crippen LogP contribution in [0.4, 0.5) is 0 Å². The highest BCUT2D eigenvalue weighted by Crippen LogP contribution is 2.54. The summed E-state index contributed by atoms with van der Waals surface area (Å²) in [5.74, 6) is 0.928. The van der Waals surface area contributed by atoms with Crippen molar-refractivity contribution in [2.24, 2.45) is 0 Å². The van der Waals surface area contributed by atoms with Gasteiger partial charge in [0.15, 0.2) is 0 Å². The van der Waals surface area contributed by atoms with Gasteiger partial charge in [0.1, 0.15) is 5.82 Å². The predicted molar refractivity (Wildman–Crippen MR) is 253 cm³/mol. The summed E-state index contributed by atoms with van der Waals surface area (Å²) < 4.78 is 4.86. The molecule has 0 saturated carbocycles. The lowest BCUT2D eigenvalue weighted by Gasteiger charge is -2.41. The van der Waals surface area contributed by atoms with E-state index < -0.39 is 5.41 Å². The summed E-state index contributed by atoms with van der Waals surface area (Å²) in [5, 5.41) is 7.32. The molecule has 3 heteroatoms. The number of hydrogen-bond acceptors (Lipinski definition) is 1. The van der Waals surface area contributed by atoms with E-state index in [0.717, 1.165) is 33.5 Å². The summed E-state index contributed by atoms with van der Waals surface area (Å²) in [6.45, 7) is 0. The summed E-state index contributed by atoms with van der Waals surface area (Å²) in [5.41, 5.74) is 15.0. The van der Waals surface area contributed by atoms with Gasteiger partial charge in [-0.2, -0.15) is 0 Å². The van der Waals surface area contributed by atoms with Crippen LogP contribution in [-0.2, 0) is 5.41 Å². The minimum Gasteiger partial charge on any atom is -0.309 e. The molecule has 10 aromatic carbocycles. The summed E-state index contributed by atoms with van der Waals surface area (Å²) >= 11 is 0. The Kier molecular flexibility index (Phi) is 7.22. The molecule has 61 heavy (non-hydrogen) atoms. The van der Waals surface area contributed by atoms with Crippen molar-refractivity contribution >= 4 is 54.4 Å². The molecule has 1 aliphatic rings. The standard InChI is InChI=1S/C58H37N3/c1-4-17-41(18-5-1)58(42-19-6-2-7-20-42)50-28-14-15-30-53(50)61-52-36-35-40(37-49(52)48-27-16-29-51(58)55(48)61)38-31-33-39(34-32-38)57-59-54-46-25-12-10-23-44(46)45-24-11-13-26-47(45)56(54)60(57)43-21-8-3-9-22-43/h1-37H. The maximum atomic E-state index is 5.48. The van der Waals surface area contributed by atoms with Gasteiger partial charge in [0.25, 0.3) is 0 Å². The molecule has 13 rings (SSSR count). The van der Waals surface area contributed by atoms with Crippen LogP contribution in [0.3, 0.4) is 0 Å². The van der Waals surface area contributed by atoms with Gasteiger partial charge in [0.2, 0.25) is 0 Å². The van der Waals surface area contributed by atoms with Crippen molar-refractivity contribution in [2.45, 2.75) is 5.41 Å². The summed E-state index contributed by atoms with van der Waals surface area (Å²) in [7, 11) is 0. The molecule has 0 atom stereocenters. The van der Waals surface area contributed by atoms with Crippen molar-refractivity contribution in [3.63, 3.8) is 0 Å². The quantitative estimate of drug-likeness (QED) is 0.160. The maximum Gasteiger partial charge on any atom is 0.145 e. The van der Waals surface area contributed by atoms with Crippen molar-refractivity contribution in [3.05, 3.63) is 247 Å². The van der Waals surface area contributed by atoms with Crippen LogP contribution in [-0.4, -0.2) is 14.1 Å². The zero-order valence-electron chi connectivity index (χ0n) is 33.2. The third kappa shape index (κ3) is 4.72. The summed E-state index contributed by atoms with van der Waals surface area (Å²) in [4.78, 5) is 5.48. The molecule has 0 fully saturated rings. The number of fused-ring (bicyclic) bond motifs is 11. The van der Waals surface area contributed by atoms with Crippen LogP contribution >= 0.6 is 0 Å². The Morgan fingerprint density at radius 1 is 0.344 bits per heavy atom. The fourth-order valence-electron chi connectivity index (χ4n) is 10.6. The molecule has 284 valence electrons. The van der Waals surface area contributed by atoms with Crippen LogP contribution in [0, 0.1) is 0 Å². The molecule has 0 radical (unpaired) electrons. The number of nitrogens with zero attached hydrogens (tertiary/aromatic N) is 3. The monoisotopic (exact) mass is 775 g/mol. The normalized spacial score (nSPS) is 13.0. The van der Waals surface area contributed by atoms with Crippen LogP contribution < -0.4 is 0 Å². The SMILES string of the molecule is c1ccc(-n2c(-c3ccc(-c4ccc5c(c4)c4cccc6c4n5-c4ccccc4C6(c4ccccc4)c4ccccc4)cc3)nc3c4ccccc4c4ccccc4c32)cc1. The van der Waals surface area contributed by atoms with Gasteiger partial charge >= 0.3 is 0 Å². The van der Waals surface area contributed by atoms with Crippen LogP contribution in [0.25, 0.3) is 88.3 Å². The molecule has 0 amide bonds. The highest BCUT2D eigenvalue weighted by atomic mass is 15.1. The number of rotatable bonds is 5. The molecule has 3 heterocycles. The first-order valence-corrected chi connectivity index (χ1v) is 21.1. The fourth-order valence-corrected chi connectivity index (χ4v) is 10.6. The Morgan fingerprint density at radius 3 is 1.59 bits per heavy atom. The minimum absolute atomic E-state index is 0.490. The number of para-hydroxylation sites is 3. The van der Waals surface area contributed by atoms with E-state index in [1.165, 1.54) is 77.0 Å². The average molecular weight is 776 g/mol. The van der Waals surface area contributed by atoms with Crippen molar-refractivity contribution in [3.8, 4) is 33.9 Å². The van der Waals surface area contributed by atoms with E-state index in [2.05, 4.69) is 234 Å². The van der Waals surface area contributed by atoms with E-state index in [0.29, 0.717) is 0 Å². The topological polar surface area (TPSA) is 22.8 Å². The van der Waals surface area contributed by atoms with Gasteiger partial charge in [-0.25, -0.2) is 4.98 Å². The Hall–Kier alpha value is -8.01. The molecule has 3 nitrogen and oxygen atoms in total.